The van der Waals surface area contributed by atoms with E-state index in [1.54, 1.807) is 7.11 Å². The molecule has 0 radical (unpaired) electrons. The second-order valence-electron chi connectivity index (χ2n) is 5.64. The van der Waals surface area contributed by atoms with Gasteiger partial charge in [-0.05, 0) is 37.8 Å². The van der Waals surface area contributed by atoms with Gasteiger partial charge in [0.15, 0.2) is 0 Å². The largest absolute Gasteiger partial charge is 0.383 e. The van der Waals surface area contributed by atoms with Gasteiger partial charge in [-0.1, -0.05) is 19.8 Å². The molecule has 96 valence electrons. The molecule has 0 heterocycles. The Bertz CT molecular complexity index is 198. The molecule has 0 aromatic rings. The Hall–Kier alpha value is -0.120. The van der Waals surface area contributed by atoms with Gasteiger partial charge in [0.25, 0.3) is 0 Å². The van der Waals surface area contributed by atoms with Gasteiger partial charge < -0.3 is 15.4 Å². The summed E-state index contributed by atoms with van der Waals surface area (Å²) in [5.74, 6) is 0.841. The summed E-state index contributed by atoms with van der Waals surface area (Å²) in [6.45, 7) is 6.13. The van der Waals surface area contributed by atoms with E-state index in [0.717, 1.165) is 32.2 Å². The van der Waals surface area contributed by atoms with Gasteiger partial charge in [-0.3, -0.25) is 0 Å². The molecule has 1 aliphatic carbocycles. The van der Waals surface area contributed by atoms with E-state index in [4.69, 9.17) is 10.5 Å². The van der Waals surface area contributed by atoms with Gasteiger partial charge in [0.1, 0.15) is 0 Å². The van der Waals surface area contributed by atoms with Gasteiger partial charge in [-0.15, -0.1) is 0 Å². The Kier molecular flexibility index (Phi) is 5.73. The third-order valence-electron chi connectivity index (χ3n) is 3.90. The second-order valence-corrected chi connectivity index (χ2v) is 5.64. The van der Waals surface area contributed by atoms with Crippen molar-refractivity contribution in [3.05, 3.63) is 0 Å². The van der Waals surface area contributed by atoms with Crippen molar-refractivity contribution in [2.24, 2.45) is 17.1 Å². The zero-order valence-electron chi connectivity index (χ0n) is 11.2. The third kappa shape index (κ3) is 4.04. The van der Waals surface area contributed by atoms with E-state index in [1.807, 2.05) is 0 Å². The zero-order valence-corrected chi connectivity index (χ0v) is 11.2. The maximum atomic E-state index is 6.02. The summed E-state index contributed by atoms with van der Waals surface area (Å²) in [7, 11) is 3.94. The highest BCUT2D eigenvalue weighted by molar-refractivity contribution is 4.88. The van der Waals surface area contributed by atoms with E-state index < -0.39 is 0 Å². The summed E-state index contributed by atoms with van der Waals surface area (Å²) in [6, 6.07) is 0. The molecule has 2 N–H and O–H groups in total. The first-order valence-electron chi connectivity index (χ1n) is 6.49. The number of hydrogen-bond donors (Lipinski definition) is 1. The van der Waals surface area contributed by atoms with Crippen LogP contribution in [0.25, 0.3) is 0 Å². The van der Waals surface area contributed by atoms with Crippen LogP contribution in [0, 0.1) is 11.3 Å². The van der Waals surface area contributed by atoms with Crippen molar-refractivity contribution in [1.29, 1.82) is 0 Å². The van der Waals surface area contributed by atoms with Crippen LogP contribution in [0.1, 0.15) is 32.6 Å². The lowest BCUT2D eigenvalue weighted by Gasteiger charge is -2.41. The maximum absolute atomic E-state index is 6.02. The summed E-state index contributed by atoms with van der Waals surface area (Å²) in [5, 5.41) is 0. The fourth-order valence-corrected chi connectivity index (χ4v) is 3.06. The van der Waals surface area contributed by atoms with Crippen LogP contribution in [0.2, 0.25) is 0 Å². The molecule has 16 heavy (non-hydrogen) atoms. The minimum absolute atomic E-state index is 0.361. The van der Waals surface area contributed by atoms with Gasteiger partial charge >= 0.3 is 0 Å². The van der Waals surface area contributed by atoms with Gasteiger partial charge in [0.05, 0.1) is 6.61 Å². The van der Waals surface area contributed by atoms with Crippen LogP contribution in [-0.4, -0.2) is 45.3 Å². The third-order valence-corrected chi connectivity index (χ3v) is 3.90. The smallest absolute Gasteiger partial charge is 0.0589 e. The lowest BCUT2D eigenvalue weighted by molar-refractivity contribution is 0.0834. The molecule has 3 nitrogen and oxygen atoms in total. The number of nitrogens with zero attached hydrogens (tertiary/aromatic N) is 1. The lowest BCUT2D eigenvalue weighted by atomic mass is 9.70. The van der Waals surface area contributed by atoms with Crippen LogP contribution in [0.3, 0.4) is 0 Å². The highest BCUT2D eigenvalue weighted by atomic mass is 16.5. The molecule has 0 aliphatic heterocycles. The fraction of sp³-hybridized carbons (Fsp3) is 1.00. The monoisotopic (exact) mass is 228 g/mol. The van der Waals surface area contributed by atoms with Crippen molar-refractivity contribution in [3.63, 3.8) is 0 Å². The van der Waals surface area contributed by atoms with E-state index in [-0.39, 0.29) is 0 Å². The predicted octanol–water partition coefficient (Wildman–Crippen LogP) is 1.72. The lowest BCUT2D eigenvalue weighted by Crippen LogP contribution is -2.44. The van der Waals surface area contributed by atoms with Gasteiger partial charge in [-0.25, -0.2) is 0 Å². The van der Waals surface area contributed by atoms with Gasteiger partial charge in [0.2, 0.25) is 0 Å². The van der Waals surface area contributed by atoms with E-state index in [9.17, 15) is 0 Å². The van der Waals surface area contributed by atoms with Gasteiger partial charge in [-0.2, -0.15) is 0 Å². The fourth-order valence-electron chi connectivity index (χ4n) is 3.06. The highest BCUT2D eigenvalue weighted by Crippen LogP contribution is 2.38. The Morgan fingerprint density at radius 3 is 2.81 bits per heavy atom. The number of likely N-dealkylation sites (N-methyl/N-ethyl adjacent to an activating group) is 1. The van der Waals surface area contributed by atoms with Crippen molar-refractivity contribution in [3.8, 4) is 0 Å². The molecule has 2 atom stereocenters. The van der Waals surface area contributed by atoms with E-state index in [2.05, 4.69) is 18.9 Å². The average Bonchev–Trinajstić information content (AvgIpc) is 2.26. The number of hydrogen-bond acceptors (Lipinski definition) is 3. The SMILES string of the molecule is COCCN(C)CC1(CN)CCCC(C)C1. The molecule has 1 saturated carbocycles. The molecule has 0 saturated heterocycles. The topological polar surface area (TPSA) is 38.5 Å². The molecule has 0 bridgehead atoms. The molecule has 0 aromatic heterocycles. The highest BCUT2D eigenvalue weighted by Gasteiger charge is 2.34. The van der Waals surface area contributed by atoms with Crippen LogP contribution in [0.4, 0.5) is 0 Å². The van der Waals surface area contributed by atoms with Crippen molar-refractivity contribution < 1.29 is 4.74 Å². The summed E-state index contributed by atoms with van der Waals surface area (Å²) in [4.78, 5) is 2.37. The molecule has 1 aliphatic rings. The second kappa shape index (κ2) is 6.58. The maximum Gasteiger partial charge on any atom is 0.0589 e. The van der Waals surface area contributed by atoms with Crippen molar-refractivity contribution in [1.82, 2.24) is 4.90 Å². The van der Waals surface area contributed by atoms with E-state index in [0.29, 0.717) is 5.41 Å². The average molecular weight is 228 g/mol. The van der Waals surface area contributed by atoms with Gasteiger partial charge in [0, 0.05) is 20.2 Å². The molecule has 0 aromatic carbocycles. The first kappa shape index (κ1) is 13.9. The van der Waals surface area contributed by atoms with E-state index in [1.165, 1.54) is 25.7 Å². The van der Waals surface area contributed by atoms with Crippen LogP contribution >= 0.6 is 0 Å². The van der Waals surface area contributed by atoms with E-state index >= 15 is 0 Å². The minimum atomic E-state index is 0.361. The first-order chi connectivity index (χ1) is 7.62. The zero-order chi connectivity index (χ0) is 12.0. The number of ether oxygens (including phenoxy) is 1. The molecule has 0 spiro atoms. The Balaban J connectivity index is 2.45. The Morgan fingerprint density at radius 1 is 1.50 bits per heavy atom. The summed E-state index contributed by atoms with van der Waals surface area (Å²) in [6.07, 6.45) is 5.31. The Labute approximate surface area is 100 Å². The molecule has 1 rings (SSSR count). The molecule has 2 unspecified atom stereocenters. The summed E-state index contributed by atoms with van der Waals surface area (Å²) in [5.41, 5.74) is 6.38. The van der Waals surface area contributed by atoms with Crippen molar-refractivity contribution >= 4 is 0 Å². The molecular weight excluding hydrogens is 200 g/mol. The quantitative estimate of drug-likeness (QED) is 0.752. The Morgan fingerprint density at radius 2 is 2.25 bits per heavy atom. The normalized spacial score (nSPS) is 30.9. The number of rotatable bonds is 6. The molecule has 3 heteroatoms. The van der Waals surface area contributed by atoms with Crippen LogP contribution in [0.15, 0.2) is 0 Å². The van der Waals surface area contributed by atoms with Crippen LogP contribution in [0.5, 0.6) is 0 Å². The molecular formula is C13H28N2O. The number of nitrogens with two attached hydrogens (primary N) is 1. The molecule has 0 amide bonds. The molecule has 1 fully saturated rings. The van der Waals surface area contributed by atoms with Crippen molar-refractivity contribution in [2.45, 2.75) is 32.6 Å². The van der Waals surface area contributed by atoms with Crippen LogP contribution in [-0.2, 0) is 4.74 Å². The van der Waals surface area contributed by atoms with Crippen molar-refractivity contribution in [2.75, 3.05) is 40.4 Å². The minimum Gasteiger partial charge on any atom is -0.383 e. The summed E-state index contributed by atoms with van der Waals surface area (Å²) < 4.78 is 5.12. The van der Waals surface area contributed by atoms with Crippen LogP contribution < -0.4 is 5.73 Å². The standard InChI is InChI=1S/C13H28N2O/c1-12-5-4-6-13(9-12,10-14)11-15(2)7-8-16-3/h12H,4-11,14H2,1-3H3. The summed E-state index contributed by atoms with van der Waals surface area (Å²) >= 11 is 0. The first-order valence-corrected chi connectivity index (χ1v) is 6.49. The predicted molar refractivity (Wildman–Crippen MR) is 68.5 cm³/mol. The number of methoxy groups -OCH3 is 1.